The quantitative estimate of drug-likeness (QED) is 0.604. The van der Waals surface area contributed by atoms with Crippen molar-refractivity contribution in [3.05, 3.63) is 41.9 Å². The van der Waals surface area contributed by atoms with Gasteiger partial charge >= 0.3 is 5.97 Å². The molecule has 19 heavy (non-hydrogen) atoms. The zero-order valence-corrected chi connectivity index (χ0v) is 11.1. The number of carbonyl (C=O) groups excluding carboxylic acids is 1. The van der Waals surface area contributed by atoms with Crippen LogP contribution in [-0.4, -0.2) is 11.6 Å². The van der Waals surface area contributed by atoms with Crippen LogP contribution in [0.4, 0.5) is 4.39 Å². The monoisotopic (exact) mass is 262 g/mol. The molecular weight excluding hydrogens is 247 g/mol. The molecule has 0 N–H and O–H groups in total. The predicted molar refractivity (Wildman–Crippen MR) is 71.1 cm³/mol. The van der Waals surface area contributed by atoms with Crippen molar-refractivity contribution in [2.24, 2.45) is 0 Å². The molecule has 0 spiro atoms. The van der Waals surface area contributed by atoms with Gasteiger partial charge in [-0.3, -0.25) is 0 Å². The topological polar surface area (TPSA) is 39.4 Å². The highest BCUT2D eigenvalue weighted by Crippen LogP contribution is 2.20. The number of fused-ring (bicyclic) bond motifs is 1. The first-order valence-electron chi connectivity index (χ1n) is 5.93. The first-order valence-corrected chi connectivity index (χ1v) is 5.93. The fourth-order valence-electron chi connectivity index (χ4n) is 1.61. The first kappa shape index (κ1) is 13.3. The molecule has 2 aromatic rings. The molecule has 4 heteroatoms. The highest BCUT2D eigenvalue weighted by Gasteiger charge is 2.19. The number of ether oxygens (including phenoxy) is 1. The van der Waals surface area contributed by atoms with E-state index in [-0.39, 0.29) is 0 Å². The average molecular weight is 262 g/mol. The van der Waals surface area contributed by atoms with Crippen molar-refractivity contribution in [2.75, 3.05) is 0 Å². The van der Waals surface area contributed by atoms with E-state index in [9.17, 15) is 9.18 Å². The minimum absolute atomic E-state index is 0.581. The Kier molecular flexibility index (Phi) is 3.42. The van der Waals surface area contributed by atoms with Crippen molar-refractivity contribution in [3.63, 3.8) is 0 Å². The molecule has 1 aromatic heterocycles. The van der Waals surface area contributed by atoms with E-state index in [1.807, 2.05) is 0 Å². The summed E-state index contributed by atoms with van der Waals surface area (Å²) in [6.45, 7) is 5.07. The summed E-state index contributed by atoms with van der Waals surface area (Å²) < 4.78 is 23.8. The molecule has 0 aliphatic rings. The van der Waals surface area contributed by atoms with Crippen LogP contribution in [0.1, 0.15) is 26.3 Å². The zero-order valence-electron chi connectivity index (χ0n) is 11.1. The number of esters is 1. The van der Waals surface area contributed by atoms with Crippen molar-refractivity contribution in [2.45, 2.75) is 26.4 Å². The van der Waals surface area contributed by atoms with Gasteiger partial charge in [0.05, 0.1) is 6.26 Å². The van der Waals surface area contributed by atoms with Crippen LogP contribution in [0.3, 0.4) is 0 Å². The van der Waals surface area contributed by atoms with Gasteiger partial charge in [0, 0.05) is 5.39 Å². The van der Waals surface area contributed by atoms with E-state index in [4.69, 9.17) is 9.15 Å². The van der Waals surface area contributed by atoms with Gasteiger partial charge in [0.1, 0.15) is 11.2 Å². The van der Waals surface area contributed by atoms with E-state index in [1.165, 1.54) is 0 Å². The summed E-state index contributed by atoms with van der Waals surface area (Å²) in [7, 11) is 0. The minimum atomic E-state index is -0.959. The lowest BCUT2D eigenvalue weighted by atomic mass is 10.1. The Bertz CT molecular complexity index is 632. The number of hydrogen-bond donors (Lipinski definition) is 0. The first-order chi connectivity index (χ1) is 8.85. The van der Waals surface area contributed by atoms with Gasteiger partial charge in [-0.05, 0) is 50.6 Å². The lowest BCUT2D eigenvalue weighted by molar-refractivity contribution is -0.151. The number of halogens is 1. The van der Waals surface area contributed by atoms with Gasteiger partial charge < -0.3 is 9.15 Å². The number of benzene rings is 1. The Morgan fingerprint density at radius 3 is 2.74 bits per heavy atom. The Labute approximate surface area is 110 Å². The van der Waals surface area contributed by atoms with Crippen molar-refractivity contribution in [3.8, 4) is 0 Å². The summed E-state index contributed by atoms with van der Waals surface area (Å²) in [5.74, 6) is -1.88. The second-order valence-corrected chi connectivity index (χ2v) is 5.21. The van der Waals surface area contributed by atoms with Gasteiger partial charge in [-0.1, -0.05) is 6.07 Å². The molecule has 0 bridgehead atoms. The highest BCUT2D eigenvalue weighted by molar-refractivity contribution is 5.92. The summed E-state index contributed by atoms with van der Waals surface area (Å²) in [6.07, 6.45) is 2.71. The van der Waals surface area contributed by atoms with Crippen LogP contribution in [-0.2, 0) is 9.53 Å². The number of hydrogen-bond acceptors (Lipinski definition) is 3. The van der Waals surface area contributed by atoms with Crippen molar-refractivity contribution >= 4 is 23.0 Å². The van der Waals surface area contributed by atoms with Crippen molar-refractivity contribution in [1.29, 1.82) is 0 Å². The number of carbonyl (C=O) groups is 1. The highest BCUT2D eigenvalue weighted by atomic mass is 19.1. The molecule has 0 atom stereocenters. The third kappa shape index (κ3) is 3.44. The Morgan fingerprint density at radius 2 is 2.05 bits per heavy atom. The van der Waals surface area contributed by atoms with Crippen molar-refractivity contribution < 1.29 is 18.3 Å². The molecule has 2 rings (SSSR count). The molecule has 100 valence electrons. The van der Waals surface area contributed by atoms with Crippen LogP contribution in [0.15, 0.2) is 40.8 Å². The van der Waals surface area contributed by atoms with Crippen LogP contribution < -0.4 is 0 Å². The van der Waals surface area contributed by atoms with E-state index >= 15 is 0 Å². The third-order valence-corrected chi connectivity index (χ3v) is 2.36. The second-order valence-electron chi connectivity index (χ2n) is 5.21. The average Bonchev–Trinajstić information content (AvgIpc) is 2.73. The summed E-state index contributed by atoms with van der Waals surface area (Å²) in [5.41, 5.74) is 0.587. The Morgan fingerprint density at radius 1 is 1.32 bits per heavy atom. The van der Waals surface area contributed by atoms with E-state index in [0.717, 1.165) is 17.0 Å². The molecule has 0 amide bonds. The van der Waals surface area contributed by atoms with Gasteiger partial charge in [-0.15, -0.1) is 0 Å². The summed E-state index contributed by atoms with van der Waals surface area (Å²) >= 11 is 0. The molecule has 3 nitrogen and oxygen atoms in total. The van der Waals surface area contributed by atoms with Gasteiger partial charge in [0.2, 0.25) is 5.83 Å². The van der Waals surface area contributed by atoms with Gasteiger partial charge in [-0.25, -0.2) is 4.79 Å². The van der Waals surface area contributed by atoms with Crippen LogP contribution >= 0.6 is 0 Å². The zero-order chi connectivity index (χ0) is 14.0. The van der Waals surface area contributed by atoms with Crippen LogP contribution in [0.25, 0.3) is 17.0 Å². The van der Waals surface area contributed by atoms with Crippen molar-refractivity contribution in [1.82, 2.24) is 0 Å². The van der Waals surface area contributed by atoms with Gasteiger partial charge in [0.15, 0.2) is 0 Å². The molecule has 0 unspecified atom stereocenters. The molecule has 1 aromatic carbocycles. The fraction of sp³-hybridized carbons (Fsp3) is 0.267. The van der Waals surface area contributed by atoms with Gasteiger partial charge in [0.25, 0.3) is 0 Å². The largest absolute Gasteiger partial charge is 0.464 e. The smallest absolute Gasteiger partial charge is 0.367 e. The molecule has 0 aliphatic carbocycles. The maximum absolute atomic E-state index is 13.7. The molecule has 0 saturated heterocycles. The summed E-state index contributed by atoms with van der Waals surface area (Å²) in [4.78, 5) is 11.5. The lowest BCUT2D eigenvalue weighted by Gasteiger charge is -2.18. The molecule has 0 fully saturated rings. The Balaban J connectivity index is 2.22. The number of furan rings is 1. The van der Waals surface area contributed by atoms with Crippen LogP contribution in [0, 0.1) is 0 Å². The third-order valence-electron chi connectivity index (χ3n) is 2.36. The van der Waals surface area contributed by atoms with E-state index in [2.05, 4.69) is 0 Å². The van der Waals surface area contributed by atoms with E-state index < -0.39 is 17.4 Å². The normalized spacial score (nSPS) is 12.7. The molecular formula is C15H15FO3. The van der Waals surface area contributed by atoms with Crippen LogP contribution in [0.5, 0.6) is 0 Å². The fourth-order valence-corrected chi connectivity index (χ4v) is 1.61. The Hall–Kier alpha value is -2.10. The molecule has 0 saturated carbocycles. The standard InChI is InChI=1S/C15H15FO3/c1-15(2,3)19-14(17)12(16)9-10-4-5-13-11(8-10)6-7-18-13/h4-9H,1-3H3/b12-9-. The summed E-state index contributed by atoms with van der Waals surface area (Å²) in [5, 5.41) is 0.853. The van der Waals surface area contributed by atoms with E-state index in [1.54, 1.807) is 51.3 Å². The molecule has 0 radical (unpaired) electrons. The lowest BCUT2D eigenvalue weighted by Crippen LogP contribution is -2.24. The second kappa shape index (κ2) is 4.88. The van der Waals surface area contributed by atoms with Crippen LogP contribution in [0.2, 0.25) is 0 Å². The summed E-state index contributed by atoms with van der Waals surface area (Å²) in [6, 6.07) is 6.92. The predicted octanol–water partition coefficient (Wildman–Crippen LogP) is 4.08. The minimum Gasteiger partial charge on any atom is -0.464 e. The maximum atomic E-state index is 13.7. The van der Waals surface area contributed by atoms with E-state index in [0.29, 0.717) is 5.56 Å². The number of rotatable bonds is 2. The SMILES string of the molecule is CC(C)(C)OC(=O)/C(F)=C/c1ccc2occc2c1. The maximum Gasteiger partial charge on any atom is 0.367 e. The molecule has 1 heterocycles. The molecule has 0 aliphatic heterocycles. The van der Waals surface area contributed by atoms with Gasteiger partial charge in [-0.2, -0.15) is 4.39 Å².